The van der Waals surface area contributed by atoms with Gasteiger partial charge in [0, 0.05) is 12.1 Å². The number of ether oxygens (including phenoxy) is 1. The van der Waals surface area contributed by atoms with Gasteiger partial charge in [-0.1, -0.05) is 43.3 Å². The standard InChI is InChI=1S/C26H34N2O4/c1-6-26(23(30)27-18(2)20-12-8-10-14-22(20)29)15-16-28(24(31)32-25(3,4)5)21-13-9-7-11-19(21)17-26/h7-14,18,29H,6,15-17H2,1-5H3,(H,27,30)/t18-,26?/m1/s1. The van der Waals surface area contributed by atoms with Crippen molar-refractivity contribution in [1.29, 1.82) is 0 Å². The summed E-state index contributed by atoms with van der Waals surface area (Å²) in [6.07, 6.45) is 1.26. The molecule has 0 aromatic heterocycles. The van der Waals surface area contributed by atoms with Gasteiger partial charge in [-0.25, -0.2) is 4.79 Å². The van der Waals surface area contributed by atoms with Crippen LogP contribution < -0.4 is 10.2 Å². The van der Waals surface area contributed by atoms with Crippen molar-refractivity contribution in [3.8, 4) is 5.75 Å². The molecule has 0 bridgehead atoms. The Bertz CT molecular complexity index is 982. The number of phenolic OH excluding ortho intramolecular Hbond substituents is 1. The molecule has 2 N–H and O–H groups in total. The molecule has 172 valence electrons. The number of fused-ring (bicyclic) bond motifs is 1. The van der Waals surface area contributed by atoms with Crippen LogP contribution in [0.4, 0.5) is 10.5 Å². The molecule has 1 aliphatic rings. The number of aromatic hydroxyl groups is 1. The zero-order valence-electron chi connectivity index (χ0n) is 19.6. The van der Waals surface area contributed by atoms with E-state index in [2.05, 4.69) is 5.32 Å². The lowest BCUT2D eigenvalue weighted by molar-refractivity contribution is -0.132. The Morgan fingerprint density at radius 1 is 1.16 bits per heavy atom. The van der Waals surface area contributed by atoms with Crippen LogP contribution in [0.25, 0.3) is 0 Å². The van der Waals surface area contributed by atoms with Crippen molar-refractivity contribution in [2.75, 3.05) is 11.4 Å². The zero-order valence-corrected chi connectivity index (χ0v) is 19.6. The molecule has 1 aliphatic heterocycles. The molecule has 3 rings (SSSR count). The average Bonchev–Trinajstić information content (AvgIpc) is 2.90. The molecule has 0 spiro atoms. The summed E-state index contributed by atoms with van der Waals surface area (Å²) < 4.78 is 5.65. The van der Waals surface area contributed by atoms with Crippen molar-refractivity contribution in [1.82, 2.24) is 5.32 Å². The van der Waals surface area contributed by atoms with Gasteiger partial charge in [0.2, 0.25) is 5.91 Å². The number of hydrogen-bond donors (Lipinski definition) is 2. The third-order valence-electron chi connectivity index (χ3n) is 6.15. The first-order valence-electron chi connectivity index (χ1n) is 11.2. The van der Waals surface area contributed by atoms with Gasteiger partial charge in [0.05, 0.1) is 17.1 Å². The smallest absolute Gasteiger partial charge is 0.414 e. The first-order valence-corrected chi connectivity index (χ1v) is 11.2. The molecule has 2 aromatic rings. The monoisotopic (exact) mass is 438 g/mol. The third kappa shape index (κ3) is 5.06. The maximum absolute atomic E-state index is 13.6. The lowest BCUT2D eigenvalue weighted by atomic mass is 9.75. The second kappa shape index (κ2) is 9.23. The quantitative estimate of drug-likeness (QED) is 0.674. The molecule has 0 aliphatic carbocycles. The van der Waals surface area contributed by atoms with Crippen LogP contribution in [0.5, 0.6) is 5.75 Å². The van der Waals surface area contributed by atoms with Crippen LogP contribution in [0, 0.1) is 5.41 Å². The topological polar surface area (TPSA) is 78.9 Å². The summed E-state index contributed by atoms with van der Waals surface area (Å²) in [4.78, 5) is 28.2. The van der Waals surface area contributed by atoms with E-state index in [4.69, 9.17) is 4.74 Å². The second-order valence-electron chi connectivity index (χ2n) is 9.58. The van der Waals surface area contributed by atoms with Crippen LogP contribution in [0.15, 0.2) is 48.5 Å². The van der Waals surface area contributed by atoms with E-state index in [1.54, 1.807) is 17.0 Å². The van der Waals surface area contributed by atoms with Crippen LogP contribution >= 0.6 is 0 Å². The number of rotatable bonds is 4. The second-order valence-corrected chi connectivity index (χ2v) is 9.58. The van der Waals surface area contributed by atoms with Gasteiger partial charge >= 0.3 is 6.09 Å². The minimum atomic E-state index is -0.675. The third-order valence-corrected chi connectivity index (χ3v) is 6.15. The molecule has 1 heterocycles. The molecule has 6 nitrogen and oxygen atoms in total. The first kappa shape index (κ1) is 23.6. The van der Waals surface area contributed by atoms with Crippen molar-refractivity contribution in [2.24, 2.45) is 5.41 Å². The summed E-state index contributed by atoms with van der Waals surface area (Å²) in [7, 11) is 0. The fourth-order valence-electron chi connectivity index (χ4n) is 4.27. The maximum atomic E-state index is 13.6. The number of carbonyl (C=O) groups excluding carboxylic acids is 2. The molecule has 0 saturated carbocycles. The van der Waals surface area contributed by atoms with Crippen LogP contribution in [0.1, 0.15) is 64.6 Å². The SMILES string of the molecule is CCC1(C(=O)N[C@H](C)c2ccccc2O)CCN(C(=O)OC(C)(C)C)c2ccccc2C1. The predicted molar refractivity (Wildman–Crippen MR) is 126 cm³/mol. The van der Waals surface area contributed by atoms with Crippen molar-refractivity contribution < 1.29 is 19.4 Å². The highest BCUT2D eigenvalue weighted by Gasteiger charge is 2.42. The summed E-state index contributed by atoms with van der Waals surface area (Å²) in [6, 6.07) is 14.4. The summed E-state index contributed by atoms with van der Waals surface area (Å²) in [5, 5.41) is 13.3. The Hall–Kier alpha value is -3.02. The molecule has 6 heteroatoms. The minimum absolute atomic E-state index is 0.0726. The highest BCUT2D eigenvalue weighted by atomic mass is 16.6. The normalized spacial score (nSPS) is 19.5. The summed E-state index contributed by atoms with van der Waals surface area (Å²) in [6.45, 7) is 9.80. The lowest BCUT2D eigenvalue weighted by Gasteiger charge is -2.32. The molecule has 1 unspecified atom stereocenters. The van der Waals surface area contributed by atoms with Gasteiger partial charge in [-0.3, -0.25) is 9.69 Å². The summed E-state index contributed by atoms with van der Waals surface area (Å²) >= 11 is 0. The van der Waals surface area contributed by atoms with Gasteiger partial charge in [0.1, 0.15) is 11.4 Å². The molecular formula is C26H34N2O4. The van der Waals surface area contributed by atoms with E-state index in [-0.39, 0.29) is 17.7 Å². The highest BCUT2D eigenvalue weighted by Crippen LogP contribution is 2.40. The maximum Gasteiger partial charge on any atom is 0.414 e. The molecule has 0 saturated heterocycles. The van der Waals surface area contributed by atoms with Crippen molar-refractivity contribution >= 4 is 17.7 Å². The average molecular weight is 439 g/mol. The summed E-state index contributed by atoms with van der Waals surface area (Å²) in [5.41, 5.74) is 1.13. The first-order chi connectivity index (χ1) is 15.1. The number of hydrogen-bond acceptors (Lipinski definition) is 4. The number of phenols is 1. The number of anilines is 1. The summed E-state index contributed by atoms with van der Waals surface area (Å²) in [5.74, 6) is 0.0877. The number of para-hydroxylation sites is 2. The number of nitrogens with one attached hydrogen (secondary N) is 1. The van der Waals surface area contributed by atoms with Gasteiger partial charge in [0.25, 0.3) is 0 Å². The molecule has 32 heavy (non-hydrogen) atoms. The minimum Gasteiger partial charge on any atom is -0.508 e. The van der Waals surface area contributed by atoms with Gasteiger partial charge in [-0.05, 0) is 64.7 Å². The Kier molecular flexibility index (Phi) is 6.82. The van der Waals surface area contributed by atoms with Gasteiger partial charge in [0.15, 0.2) is 0 Å². The van der Waals surface area contributed by atoms with E-state index in [0.29, 0.717) is 31.4 Å². The number of nitrogens with zero attached hydrogens (tertiary/aromatic N) is 1. The van der Waals surface area contributed by atoms with Crippen LogP contribution in [0.2, 0.25) is 0 Å². The Morgan fingerprint density at radius 2 is 1.81 bits per heavy atom. The molecule has 0 radical (unpaired) electrons. The number of carbonyl (C=O) groups is 2. The molecule has 2 amide bonds. The van der Waals surface area contributed by atoms with Crippen molar-refractivity contribution in [2.45, 2.75) is 65.5 Å². The zero-order chi connectivity index (χ0) is 23.5. The Labute approximate surface area is 190 Å². The van der Waals surface area contributed by atoms with Crippen molar-refractivity contribution in [3.05, 3.63) is 59.7 Å². The lowest BCUT2D eigenvalue weighted by Crippen LogP contribution is -2.44. The van der Waals surface area contributed by atoms with Crippen LogP contribution in [-0.2, 0) is 16.0 Å². The predicted octanol–water partition coefficient (Wildman–Crippen LogP) is 5.35. The van der Waals surface area contributed by atoms with Crippen LogP contribution in [0.3, 0.4) is 0 Å². The number of benzene rings is 2. The fourth-order valence-corrected chi connectivity index (χ4v) is 4.27. The van der Waals surface area contributed by atoms with E-state index in [1.165, 1.54) is 0 Å². The fraction of sp³-hybridized carbons (Fsp3) is 0.462. The largest absolute Gasteiger partial charge is 0.508 e. The highest BCUT2D eigenvalue weighted by molar-refractivity contribution is 5.91. The Morgan fingerprint density at radius 3 is 2.47 bits per heavy atom. The van der Waals surface area contributed by atoms with Gasteiger partial charge in [-0.2, -0.15) is 0 Å². The molecular weight excluding hydrogens is 404 g/mol. The van der Waals surface area contributed by atoms with E-state index in [9.17, 15) is 14.7 Å². The van der Waals surface area contributed by atoms with Crippen molar-refractivity contribution in [3.63, 3.8) is 0 Å². The number of amides is 2. The van der Waals surface area contributed by atoms with Crippen LogP contribution in [-0.4, -0.2) is 29.3 Å². The van der Waals surface area contributed by atoms with E-state index < -0.39 is 17.1 Å². The van der Waals surface area contributed by atoms with E-state index >= 15 is 0 Å². The molecule has 2 aromatic carbocycles. The van der Waals surface area contributed by atoms with E-state index in [1.807, 2.05) is 71.0 Å². The Balaban J connectivity index is 1.89. The van der Waals surface area contributed by atoms with Gasteiger partial charge in [-0.15, -0.1) is 0 Å². The molecule has 2 atom stereocenters. The van der Waals surface area contributed by atoms with Gasteiger partial charge < -0.3 is 15.2 Å². The van der Waals surface area contributed by atoms with E-state index in [0.717, 1.165) is 11.3 Å². The molecule has 0 fully saturated rings.